The zero-order valence-corrected chi connectivity index (χ0v) is 14.0. The van der Waals surface area contributed by atoms with E-state index < -0.39 is 17.1 Å². The lowest BCUT2D eigenvalue weighted by Crippen LogP contribution is -2.50. The number of hydrogen-bond donors (Lipinski definition) is 2. The van der Waals surface area contributed by atoms with E-state index in [-0.39, 0.29) is 12.2 Å². The van der Waals surface area contributed by atoms with Crippen LogP contribution in [0.15, 0.2) is 27.4 Å². The first-order chi connectivity index (χ1) is 10.9. The van der Waals surface area contributed by atoms with Gasteiger partial charge in [0, 0.05) is 6.42 Å². The average Bonchev–Trinajstić information content (AvgIpc) is 2.93. The molecule has 0 atom stereocenters. The molecule has 0 spiro atoms. The normalized spacial score (nSPS) is 16.0. The highest BCUT2D eigenvalue weighted by Crippen LogP contribution is 2.23. The van der Waals surface area contributed by atoms with E-state index in [0.29, 0.717) is 36.5 Å². The zero-order valence-electron chi connectivity index (χ0n) is 14.0. The second kappa shape index (κ2) is 7.13. The maximum Gasteiger partial charge on any atom is 0.349 e. The quantitative estimate of drug-likeness (QED) is 0.789. The van der Waals surface area contributed by atoms with E-state index >= 15 is 0 Å². The van der Waals surface area contributed by atoms with Gasteiger partial charge < -0.3 is 14.8 Å². The number of aliphatic hydroxyl groups is 1. The van der Waals surface area contributed by atoms with Crippen molar-refractivity contribution in [2.24, 2.45) is 5.92 Å². The number of aryl methyl sites for hydroxylation is 2. The molecule has 23 heavy (non-hydrogen) atoms. The highest BCUT2D eigenvalue weighted by Gasteiger charge is 2.33. The minimum absolute atomic E-state index is 0.0259. The van der Waals surface area contributed by atoms with E-state index in [2.05, 4.69) is 19.2 Å². The van der Waals surface area contributed by atoms with Gasteiger partial charge in [-0.2, -0.15) is 0 Å². The summed E-state index contributed by atoms with van der Waals surface area (Å²) in [5.74, 6) is 0.643. The third-order valence-electron chi connectivity index (χ3n) is 4.26. The molecule has 0 aliphatic heterocycles. The van der Waals surface area contributed by atoms with Crippen molar-refractivity contribution in [1.82, 2.24) is 5.32 Å². The van der Waals surface area contributed by atoms with Gasteiger partial charge in [0.1, 0.15) is 11.3 Å². The Morgan fingerprint density at radius 2 is 2.04 bits per heavy atom. The third kappa shape index (κ3) is 4.10. The fourth-order valence-corrected chi connectivity index (χ4v) is 2.78. The Morgan fingerprint density at radius 1 is 1.39 bits per heavy atom. The smallest absolute Gasteiger partial charge is 0.349 e. The van der Waals surface area contributed by atoms with Crippen LogP contribution in [0.25, 0.3) is 0 Å². The molecule has 1 amide bonds. The van der Waals surface area contributed by atoms with Crippen LogP contribution in [0.2, 0.25) is 0 Å². The number of rotatable bonds is 6. The van der Waals surface area contributed by atoms with Gasteiger partial charge in [-0.15, -0.1) is 0 Å². The number of carbonyl (C=O) groups excluding carboxylic acids is 1. The second-order valence-corrected chi connectivity index (χ2v) is 6.76. The summed E-state index contributed by atoms with van der Waals surface area (Å²) in [5, 5.41) is 12.4. The van der Waals surface area contributed by atoms with Crippen molar-refractivity contribution in [2.45, 2.75) is 52.0 Å². The summed E-state index contributed by atoms with van der Waals surface area (Å²) < 4.78 is 5.30. The fraction of sp³-hybridized carbons (Fsp3) is 0.556. The van der Waals surface area contributed by atoms with Gasteiger partial charge in [-0.05, 0) is 43.7 Å². The second-order valence-electron chi connectivity index (χ2n) is 6.76. The lowest BCUT2D eigenvalue weighted by Gasteiger charge is -2.28. The van der Waals surface area contributed by atoms with Crippen LogP contribution < -0.4 is 10.9 Å². The van der Waals surface area contributed by atoms with E-state index in [1.807, 2.05) is 12.2 Å². The molecule has 1 heterocycles. The molecule has 1 aliphatic rings. The van der Waals surface area contributed by atoms with Crippen molar-refractivity contribution in [3.63, 3.8) is 0 Å². The van der Waals surface area contributed by atoms with Crippen LogP contribution in [0.3, 0.4) is 0 Å². The van der Waals surface area contributed by atoms with Gasteiger partial charge in [-0.3, -0.25) is 4.79 Å². The molecule has 0 radical (unpaired) electrons. The maximum atomic E-state index is 12.5. The van der Waals surface area contributed by atoms with Gasteiger partial charge >= 0.3 is 5.63 Å². The Morgan fingerprint density at radius 3 is 2.57 bits per heavy atom. The summed E-state index contributed by atoms with van der Waals surface area (Å²) >= 11 is 0. The molecule has 0 aromatic carbocycles. The molecule has 0 fully saturated rings. The fourth-order valence-electron chi connectivity index (χ4n) is 2.78. The van der Waals surface area contributed by atoms with Crippen molar-refractivity contribution < 1.29 is 14.3 Å². The highest BCUT2D eigenvalue weighted by atomic mass is 16.4. The number of aliphatic hydroxyl groups excluding tert-OH is 1. The predicted molar refractivity (Wildman–Crippen MR) is 88.5 cm³/mol. The first kappa shape index (κ1) is 17.5. The highest BCUT2D eigenvalue weighted by molar-refractivity contribution is 5.95. The monoisotopic (exact) mass is 319 g/mol. The Hall–Kier alpha value is -1.88. The van der Waals surface area contributed by atoms with Crippen LogP contribution >= 0.6 is 0 Å². The summed E-state index contributed by atoms with van der Waals surface area (Å²) in [6.07, 6.45) is 6.56. The molecule has 0 bridgehead atoms. The lowest BCUT2D eigenvalue weighted by molar-refractivity contribution is 0.0840. The van der Waals surface area contributed by atoms with E-state index in [0.717, 1.165) is 6.42 Å². The number of carbonyl (C=O) groups is 1. The van der Waals surface area contributed by atoms with Crippen LogP contribution in [-0.4, -0.2) is 23.2 Å². The predicted octanol–water partition coefficient (Wildman–Crippen LogP) is 2.35. The molecule has 2 rings (SSSR count). The first-order valence-corrected chi connectivity index (χ1v) is 8.09. The number of amides is 1. The summed E-state index contributed by atoms with van der Waals surface area (Å²) in [4.78, 5) is 24.7. The molecule has 0 unspecified atom stereocenters. The summed E-state index contributed by atoms with van der Waals surface area (Å²) in [7, 11) is 0. The topological polar surface area (TPSA) is 79.5 Å². The minimum atomic E-state index is -0.702. The van der Waals surface area contributed by atoms with Gasteiger partial charge in [0.2, 0.25) is 0 Å². The molecule has 2 N–H and O–H groups in total. The van der Waals surface area contributed by atoms with Gasteiger partial charge in [0.15, 0.2) is 0 Å². The molecule has 5 nitrogen and oxygen atoms in total. The van der Waals surface area contributed by atoms with Crippen LogP contribution in [-0.2, 0) is 6.42 Å². The van der Waals surface area contributed by atoms with E-state index in [9.17, 15) is 14.7 Å². The largest absolute Gasteiger partial charge is 0.427 e. The molecule has 1 aromatic heterocycles. The van der Waals surface area contributed by atoms with Crippen molar-refractivity contribution in [3.05, 3.63) is 45.5 Å². The van der Waals surface area contributed by atoms with E-state index in [1.165, 1.54) is 0 Å². The first-order valence-electron chi connectivity index (χ1n) is 8.09. The number of hydrogen-bond acceptors (Lipinski definition) is 4. The molecular weight excluding hydrogens is 294 g/mol. The molecule has 126 valence electrons. The van der Waals surface area contributed by atoms with Crippen molar-refractivity contribution >= 4 is 5.91 Å². The SMILES string of the molecule is Cc1cc(CCC(C)C)oc(=O)c1C(=O)NC1(CO)CC=CC1. The number of nitrogens with one attached hydrogen (secondary N) is 1. The third-order valence-corrected chi connectivity index (χ3v) is 4.26. The Bertz CT molecular complexity index is 649. The Balaban J connectivity index is 2.19. The van der Waals surface area contributed by atoms with Gasteiger partial charge in [0.05, 0.1) is 12.1 Å². The minimum Gasteiger partial charge on any atom is -0.427 e. The average molecular weight is 319 g/mol. The van der Waals surface area contributed by atoms with Gasteiger partial charge in [-0.25, -0.2) is 4.79 Å². The van der Waals surface area contributed by atoms with Gasteiger partial charge in [-0.1, -0.05) is 26.0 Å². The van der Waals surface area contributed by atoms with Crippen molar-refractivity contribution in [1.29, 1.82) is 0 Å². The lowest BCUT2D eigenvalue weighted by atomic mass is 9.96. The molecule has 1 aliphatic carbocycles. The maximum absolute atomic E-state index is 12.5. The van der Waals surface area contributed by atoms with Crippen LogP contribution in [0.5, 0.6) is 0 Å². The Labute approximate surface area is 136 Å². The molecule has 5 heteroatoms. The molecule has 1 aromatic rings. The van der Waals surface area contributed by atoms with Crippen LogP contribution in [0, 0.1) is 12.8 Å². The van der Waals surface area contributed by atoms with E-state index in [4.69, 9.17) is 4.42 Å². The zero-order chi connectivity index (χ0) is 17.0. The summed E-state index contributed by atoms with van der Waals surface area (Å²) in [6.45, 7) is 5.79. The van der Waals surface area contributed by atoms with Crippen LogP contribution in [0.1, 0.15) is 54.8 Å². The summed E-state index contributed by atoms with van der Waals surface area (Å²) in [6, 6.07) is 1.76. The molecule has 0 saturated heterocycles. The summed E-state index contributed by atoms with van der Waals surface area (Å²) in [5.41, 5.74) is -0.679. The Kier molecular flexibility index (Phi) is 5.42. The van der Waals surface area contributed by atoms with E-state index in [1.54, 1.807) is 13.0 Å². The molecular formula is C18H25NO4. The van der Waals surface area contributed by atoms with Crippen molar-refractivity contribution in [3.8, 4) is 0 Å². The standard InChI is InChI=1S/C18H25NO4/c1-12(2)6-7-14-10-13(3)15(17(22)23-14)16(21)19-18(11-20)8-4-5-9-18/h4-5,10,12,20H,6-9,11H2,1-3H3,(H,19,21). The van der Waals surface area contributed by atoms with Gasteiger partial charge in [0.25, 0.3) is 5.91 Å². The van der Waals surface area contributed by atoms with Crippen molar-refractivity contribution in [2.75, 3.05) is 6.61 Å². The van der Waals surface area contributed by atoms with Crippen LogP contribution in [0.4, 0.5) is 0 Å². The molecule has 0 saturated carbocycles.